The minimum absolute atomic E-state index is 0.102. The monoisotopic (exact) mass is 623 g/mol. The summed E-state index contributed by atoms with van der Waals surface area (Å²) in [6, 6.07) is 6.83. The molecule has 1 aliphatic carbocycles. The highest BCUT2D eigenvalue weighted by atomic mass is 79.9. The summed E-state index contributed by atoms with van der Waals surface area (Å²) in [7, 11) is 0. The number of benzene rings is 1. The lowest BCUT2D eigenvalue weighted by Crippen LogP contribution is -2.33. The van der Waals surface area contributed by atoms with E-state index in [2.05, 4.69) is 63.6 Å². The van der Waals surface area contributed by atoms with Crippen LogP contribution in [-0.2, 0) is 17.6 Å². The number of aliphatic hydroxyl groups excluding tert-OH is 1. The quantitative estimate of drug-likeness (QED) is 0.239. The van der Waals surface area contributed by atoms with Crippen molar-refractivity contribution in [3.05, 3.63) is 97.7 Å². The van der Waals surface area contributed by atoms with Crippen LogP contribution >= 0.6 is 31.9 Å². The van der Waals surface area contributed by atoms with Gasteiger partial charge in [0.25, 0.3) is 0 Å². The largest absolute Gasteiger partial charge is 0.393 e. The van der Waals surface area contributed by atoms with Crippen molar-refractivity contribution in [2.75, 3.05) is 0 Å². The van der Waals surface area contributed by atoms with Gasteiger partial charge in [0.1, 0.15) is 0 Å². The molecule has 1 aromatic carbocycles. The van der Waals surface area contributed by atoms with Crippen LogP contribution in [0.5, 0.6) is 0 Å². The SMILES string of the molecule is C=C/C(=C\C=C/CC(C)O)CC(=O)B1CCC(C2c3ncc(Br)cc3CCc3cc(C)cc(Br)c32)CC1. The van der Waals surface area contributed by atoms with E-state index in [1.54, 1.807) is 13.0 Å². The smallest absolute Gasteiger partial charge is 0.223 e. The van der Waals surface area contributed by atoms with Crippen LogP contribution in [0.25, 0.3) is 0 Å². The fourth-order valence-corrected chi connectivity index (χ4v) is 7.24. The Hall–Kier alpha value is -1.76. The summed E-state index contributed by atoms with van der Waals surface area (Å²) in [6.45, 7) is 7.93. The molecule has 0 amide bonds. The number of hydrogen-bond acceptors (Lipinski definition) is 3. The molecule has 1 aromatic heterocycles. The molecule has 0 bridgehead atoms. The zero-order valence-corrected chi connectivity index (χ0v) is 25.0. The number of carbonyl (C=O) groups is 1. The Balaban J connectivity index is 1.51. The number of halogens is 2. The van der Waals surface area contributed by atoms with E-state index in [4.69, 9.17) is 4.98 Å². The number of pyridine rings is 1. The van der Waals surface area contributed by atoms with Crippen molar-refractivity contribution in [2.45, 2.75) is 77.0 Å². The second-order valence-corrected chi connectivity index (χ2v) is 12.5. The molecule has 2 unspecified atom stereocenters. The molecule has 2 atom stereocenters. The molecule has 37 heavy (non-hydrogen) atoms. The van der Waals surface area contributed by atoms with E-state index in [1.807, 2.05) is 24.4 Å². The minimum Gasteiger partial charge on any atom is -0.393 e. The van der Waals surface area contributed by atoms with Crippen molar-refractivity contribution < 1.29 is 9.90 Å². The zero-order chi connectivity index (χ0) is 26.5. The van der Waals surface area contributed by atoms with Crippen molar-refractivity contribution >= 4 is 44.3 Å². The van der Waals surface area contributed by atoms with Crippen molar-refractivity contribution in [3.63, 3.8) is 0 Å². The maximum atomic E-state index is 13.2. The van der Waals surface area contributed by atoms with Gasteiger partial charge in [-0.25, -0.2) is 0 Å². The molecule has 1 aliphatic heterocycles. The number of fused-ring (bicyclic) bond motifs is 2. The molecule has 4 rings (SSSR count). The number of nitrogens with zero attached hydrogens (tertiary/aromatic N) is 1. The van der Waals surface area contributed by atoms with Crippen molar-refractivity contribution in [1.29, 1.82) is 0 Å². The maximum Gasteiger partial charge on any atom is 0.223 e. The molecule has 2 aliphatic rings. The Morgan fingerprint density at radius 3 is 2.65 bits per heavy atom. The van der Waals surface area contributed by atoms with Crippen LogP contribution in [0.3, 0.4) is 0 Å². The summed E-state index contributed by atoms with van der Waals surface area (Å²) in [4.78, 5) is 18.2. The topological polar surface area (TPSA) is 50.2 Å². The van der Waals surface area contributed by atoms with Gasteiger partial charge in [0.2, 0.25) is 6.71 Å². The molecule has 2 heterocycles. The first-order chi connectivity index (χ1) is 17.8. The molecular weight excluding hydrogens is 589 g/mol. The number of aryl methyl sites for hydroxylation is 3. The van der Waals surface area contributed by atoms with Gasteiger partial charge >= 0.3 is 0 Å². The number of rotatable bonds is 8. The van der Waals surface area contributed by atoms with Crippen LogP contribution in [-0.4, -0.2) is 28.6 Å². The fourth-order valence-electron chi connectivity index (χ4n) is 6.00. The van der Waals surface area contributed by atoms with Crippen molar-refractivity contribution in [2.24, 2.45) is 5.92 Å². The van der Waals surface area contributed by atoms with Gasteiger partial charge in [0.05, 0.1) is 17.5 Å². The average Bonchev–Trinajstić information content (AvgIpc) is 3.02. The molecule has 3 nitrogen and oxygen atoms in total. The van der Waals surface area contributed by atoms with E-state index < -0.39 is 0 Å². The van der Waals surface area contributed by atoms with Crippen molar-refractivity contribution in [3.8, 4) is 0 Å². The second kappa shape index (κ2) is 12.9. The molecule has 0 radical (unpaired) electrons. The fraction of sp³-hybridized carbons (Fsp3) is 0.419. The predicted molar refractivity (Wildman–Crippen MR) is 162 cm³/mol. The molecular formula is C31H36BBr2NO2. The summed E-state index contributed by atoms with van der Waals surface area (Å²) < 4.78 is 2.22. The number of allylic oxidation sites excluding steroid dienone is 4. The molecule has 0 saturated carbocycles. The van der Waals surface area contributed by atoms with E-state index in [1.165, 1.54) is 32.4 Å². The third kappa shape index (κ3) is 7.01. The summed E-state index contributed by atoms with van der Waals surface area (Å²) in [5, 5.41) is 9.41. The first-order valence-corrected chi connectivity index (χ1v) is 15.0. The van der Waals surface area contributed by atoms with E-state index in [-0.39, 0.29) is 18.7 Å². The van der Waals surface area contributed by atoms with Crippen LogP contribution in [0, 0.1) is 12.8 Å². The normalized spacial score (nSPS) is 19.3. The number of carbonyl (C=O) groups excluding carboxylic acids is 1. The van der Waals surface area contributed by atoms with Crippen molar-refractivity contribution in [1.82, 2.24) is 4.98 Å². The van der Waals surface area contributed by atoms with Crippen LogP contribution in [0.4, 0.5) is 0 Å². The second-order valence-electron chi connectivity index (χ2n) is 10.7. The standard InChI is InChI=1S/C31H36BBr2NO2/c1-4-22(8-6-5-7-21(3)36)17-28(37)32-13-11-23(12-14-32)30-29-24(15-20(2)16-27(29)34)9-10-25-18-26(33)19-35-31(25)30/h4-6,8,15-16,18-19,21,23,30,36H,1,7,9-14,17H2,2-3H3/b6-5-,22-8+. The van der Waals surface area contributed by atoms with Gasteiger partial charge in [-0.05, 0) is 94.9 Å². The number of aliphatic hydroxyl groups is 1. The molecule has 1 N–H and O–H groups in total. The lowest BCUT2D eigenvalue weighted by atomic mass is 9.36. The minimum atomic E-state index is -0.359. The summed E-state index contributed by atoms with van der Waals surface area (Å²) in [5.41, 5.74) is 7.91. The summed E-state index contributed by atoms with van der Waals surface area (Å²) in [5.74, 6) is 0.708. The van der Waals surface area contributed by atoms with Gasteiger partial charge in [0, 0.05) is 27.5 Å². The Morgan fingerprint density at radius 2 is 1.95 bits per heavy atom. The van der Waals surface area contributed by atoms with Crippen LogP contribution in [0.15, 0.2) is 69.8 Å². The van der Waals surface area contributed by atoms with E-state index in [0.717, 1.165) is 48.4 Å². The highest BCUT2D eigenvalue weighted by Gasteiger charge is 2.38. The number of hydrogen-bond donors (Lipinski definition) is 1. The highest BCUT2D eigenvalue weighted by molar-refractivity contribution is 9.10. The van der Waals surface area contributed by atoms with Crippen LogP contribution < -0.4 is 0 Å². The highest BCUT2D eigenvalue weighted by Crippen LogP contribution is 2.47. The Morgan fingerprint density at radius 1 is 1.22 bits per heavy atom. The first-order valence-electron chi connectivity index (χ1n) is 13.4. The molecule has 194 valence electrons. The van der Waals surface area contributed by atoms with Gasteiger partial charge in [-0.3, -0.25) is 4.98 Å². The van der Waals surface area contributed by atoms with Gasteiger partial charge in [0.15, 0.2) is 0 Å². The van der Waals surface area contributed by atoms with Crippen LogP contribution in [0.1, 0.15) is 66.5 Å². The van der Waals surface area contributed by atoms with E-state index >= 15 is 0 Å². The predicted octanol–water partition coefficient (Wildman–Crippen LogP) is 7.99. The molecule has 6 heteroatoms. The lowest BCUT2D eigenvalue weighted by Gasteiger charge is -2.34. The Bertz CT molecular complexity index is 1210. The first kappa shape index (κ1) is 28.3. The average molecular weight is 625 g/mol. The van der Waals surface area contributed by atoms with Gasteiger partial charge in [-0.2, -0.15) is 0 Å². The zero-order valence-electron chi connectivity index (χ0n) is 21.9. The third-order valence-corrected chi connectivity index (χ3v) is 8.95. The Kier molecular flexibility index (Phi) is 9.82. The Labute approximate surface area is 238 Å². The third-order valence-electron chi connectivity index (χ3n) is 7.86. The molecule has 1 saturated heterocycles. The summed E-state index contributed by atoms with van der Waals surface area (Å²) >= 11 is 7.55. The maximum absolute atomic E-state index is 13.2. The summed E-state index contributed by atoms with van der Waals surface area (Å²) in [6.07, 6.45) is 16.1. The van der Waals surface area contributed by atoms with Gasteiger partial charge in [-0.15, -0.1) is 0 Å². The van der Waals surface area contributed by atoms with E-state index in [0.29, 0.717) is 24.4 Å². The molecule has 1 fully saturated rings. The van der Waals surface area contributed by atoms with Gasteiger partial charge in [-0.1, -0.05) is 78.4 Å². The number of aromatic nitrogens is 1. The van der Waals surface area contributed by atoms with Gasteiger partial charge < -0.3 is 9.90 Å². The van der Waals surface area contributed by atoms with E-state index in [9.17, 15) is 9.90 Å². The molecule has 0 spiro atoms. The lowest BCUT2D eigenvalue weighted by molar-refractivity contribution is -0.111. The molecule has 2 aromatic rings. The van der Waals surface area contributed by atoms with Crippen LogP contribution in [0.2, 0.25) is 12.6 Å².